The summed E-state index contributed by atoms with van der Waals surface area (Å²) in [6.45, 7) is 0. The van der Waals surface area contributed by atoms with Crippen molar-refractivity contribution in [2.75, 3.05) is 69.0 Å². The Hall–Kier alpha value is 3.85. The van der Waals surface area contributed by atoms with E-state index in [1.807, 2.05) is 0 Å². The molecular formula is C25H44S11. The van der Waals surface area contributed by atoms with E-state index in [1.165, 1.54) is 94.7 Å². The molecule has 4 saturated heterocycles. The molecule has 0 saturated carbocycles. The maximum Gasteiger partial charge on any atom is 0.0228 e. The summed E-state index contributed by atoms with van der Waals surface area (Å²) >= 11 is 33.0. The molecular weight excluding hydrogens is 653 g/mol. The molecule has 0 radical (unpaired) electrons. The second-order valence-corrected chi connectivity index (χ2v) is 22.2. The lowest BCUT2D eigenvalue weighted by atomic mass is 9.90. The van der Waals surface area contributed by atoms with E-state index in [1.54, 1.807) is 0 Å². The lowest BCUT2D eigenvalue weighted by molar-refractivity contribution is 0.420. The highest BCUT2D eigenvalue weighted by Gasteiger charge is 2.31. The maximum absolute atomic E-state index is 5.34. The Balaban J connectivity index is 1.26. The van der Waals surface area contributed by atoms with Crippen molar-refractivity contribution < 1.29 is 0 Å². The summed E-state index contributed by atoms with van der Waals surface area (Å²) in [6, 6.07) is 0. The first-order valence-corrected chi connectivity index (χ1v) is 23.7. The molecule has 11 heteroatoms. The molecule has 0 bridgehead atoms. The molecule has 0 aromatic rings. The van der Waals surface area contributed by atoms with E-state index in [0.29, 0.717) is 27.6 Å². The Labute approximate surface area is 272 Å². The molecule has 0 aromatic carbocycles. The second kappa shape index (κ2) is 18.5. The van der Waals surface area contributed by atoms with E-state index >= 15 is 0 Å². The highest BCUT2D eigenvalue weighted by Crippen LogP contribution is 2.39. The normalized spacial score (nSPS) is 25.8. The first-order chi connectivity index (χ1) is 17.6. The van der Waals surface area contributed by atoms with E-state index in [2.05, 4.69) is 94.1 Å². The quantitative estimate of drug-likeness (QED) is 0.108. The summed E-state index contributed by atoms with van der Waals surface area (Å²) in [5.74, 6) is 17.3. The van der Waals surface area contributed by atoms with Crippen LogP contribution in [0.25, 0.3) is 0 Å². The number of rotatable bonds is 20. The molecule has 5 atom stereocenters. The topological polar surface area (TPSA) is 0 Å². The van der Waals surface area contributed by atoms with Crippen molar-refractivity contribution in [2.45, 2.75) is 62.4 Å². The van der Waals surface area contributed by atoms with Gasteiger partial charge in [-0.1, -0.05) is 0 Å². The Morgan fingerprint density at radius 2 is 0.944 bits per heavy atom. The molecule has 4 fully saturated rings. The van der Waals surface area contributed by atoms with Crippen LogP contribution in [-0.2, 0) is 0 Å². The predicted octanol–water partition coefficient (Wildman–Crippen LogP) is 8.07. The first-order valence-electron chi connectivity index (χ1n) is 13.4. The van der Waals surface area contributed by atoms with Crippen molar-refractivity contribution in [3.63, 3.8) is 0 Å². The van der Waals surface area contributed by atoms with Crippen LogP contribution < -0.4 is 0 Å². The van der Waals surface area contributed by atoms with E-state index in [9.17, 15) is 0 Å². The van der Waals surface area contributed by atoms with Crippen LogP contribution in [0.1, 0.15) is 25.7 Å². The molecule has 0 nitrogen and oxygen atoms in total. The van der Waals surface area contributed by atoms with Crippen molar-refractivity contribution in [2.24, 2.45) is 11.8 Å². The van der Waals surface area contributed by atoms with Crippen LogP contribution in [-0.4, -0.2) is 106 Å². The Kier molecular flexibility index (Phi) is 16.8. The van der Waals surface area contributed by atoms with E-state index in [0.717, 1.165) is 21.0 Å². The van der Waals surface area contributed by atoms with Gasteiger partial charge in [-0.15, -0.1) is 0 Å². The molecule has 4 aliphatic rings. The molecule has 4 heterocycles. The third kappa shape index (κ3) is 11.9. The van der Waals surface area contributed by atoms with Crippen LogP contribution in [0.15, 0.2) is 0 Å². The van der Waals surface area contributed by atoms with Crippen molar-refractivity contribution in [3.8, 4) is 0 Å². The summed E-state index contributed by atoms with van der Waals surface area (Å²) in [5, 5.41) is 5.09. The standard InChI is InChI=1S/C25H44S11/c26-19(1-3-33-20-9-29-10-20)5-17(7-35-22-13-31-14-22)25(28)6-18(8-36-23-15-32-16-23)24(27)2-4-34-21-11-30-12-21/h17-28H,1-16H2. The summed E-state index contributed by atoms with van der Waals surface area (Å²) in [5.41, 5.74) is 0. The van der Waals surface area contributed by atoms with Crippen LogP contribution in [0.2, 0.25) is 0 Å². The smallest absolute Gasteiger partial charge is 0.0228 e. The molecule has 4 aliphatic heterocycles. The van der Waals surface area contributed by atoms with Crippen molar-refractivity contribution in [1.82, 2.24) is 0 Å². The molecule has 0 N–H and O–H groups in total. The lowest BCUT2D eigenvalue weighted by Gasteiger charge is -2.34. The van der Waals surface area contributed by atoms with Crippen LogP contribution in [0.3, 0.4) is 0 Å². The van der Waals surface area contributed by atoms with E-state index in [4.69, 9.17) is 37.9 Å². The van der Waals surface area contributed by atoms with Crippen LogP contribution in [0.5, 0.6) is 0 Å². The fourth-order valence-electron chi connectivity index (χ4n) is 4.36. The number of hydrogen-bond acceptors (Lipinski definition) is 11. The van der Waals surface area contributed by atoms with Gasteiger partial charge in [0.25, 0.3) is 0 Å². The number of hydrogen-bond donors (Lipinski definition) is 3. The van der Waals surface area contributed by atoms with Gasteiger partial charge >= 0.3 is 0 Å². The molecule has 0 aliphatic carbocycles. The van der Waals surface area contributed by atoms with Gasteiger partial charge in [-0.3, -0.25) is 0 Å². The average Bonchev–Trinajstić information content (AvgIpc) is 2.73. The van der Waals surface area contributed by atoms with E-state index in [-0.39, 0.29) is 0 Å². The third-order valence-corrected chi connectivity index (χ3v) is 21.3. The lowest BCUT2D eigenvalue weighted by Crippen LogP contribution is -2.32. The van der Waals surface area contributed by atoms with E-state index < -0.39 is 0 Å². The fraction of sp³-hybridized carbons (Fsp3) is 1.00. The zero-order valence-electron chi connectivity index (χ0n) is 21.1. The molecule has 0 amide bonds. The van der Waals surface area contributed by atoms with Gasteiger partial charge in [0.1, 0.15) is 0 Å². The van der Waals surface area contributed by atoms with Gasteiger partial charge < -0.3 is 0 Å². The van der Waals surface area contributed by atoms with Gasteiger partial charge in [0, 0.05) is 82.8 Å². The van der Waals surface area contributed by atoms with Crippen LogP contribution in [0.4, 0.5) is 0 Å². The van der Waals surface area contributed by atoms with Crippen molar-refractivity contribution in [1.29, 1.82) is 0 Å². The molecule has 0 spiro atoms. The predicted molar refractivity (Wildman–Crippen MR) is 198 cm³/mol. The minimum absolute atomic E-state index is 0.474. The summed E-state index contributed by atoms with van der Waals surface area (Å²) < 4.78 is 0. The molecule has 4 rings (SSSR count). The van der Waals surface area contributed by atoms with Crippen LogP contribution in [0, 0.1) is 11.8 Å². The Morgan fingerprint density at radius 3 is 1.39 bits per heavy atom. The Morgan fingerprint density at radius 1 is 0.528 bits per heavy atom. The van der Waals surface area contributed by atoms with Gasteiger partial charge in [0.2, 0.25) is 0 Å². The summed E-state index contributed by atoms with van der Waals surface area (Å²) in [4.78, 5) is 0. The molecule has 5 unspecified atom stereocenters. The van der Waals surface area contributed by atoms with Gasteiger partial charge in [0.15, 0.2) is 0 Å². The SMILES string of the molecule is SC(CCSC1CSC1)CC(CSC1CSC1)C(S)CC(CSC1CSC1)C(S)CCSC1CSC1. The summed E-state index contributed by atoms with van der Waals surface area (Å²) in [6.07, 6.45) is 4.97. The van der Waals surface area contributed by atoms with Crippen molar-refractivity contribution >= 4 is 132 Å². The zero-order valence-corrected chi connectivity index (χ0v) is 30.3. The van der Waals surface area contributed by atoms with Crippen molar-refractivity contribution in [3.05, 3.63) is 0 Å². The third-order valence-electron chi connectivity index (χ3n) is 7.30. The Bertz CT molecular complexity index is 595. The number of thioether (sulfide) groups is 8. The molecule has 210 valence electrons. The average molecular weight is 697 g/mol. The van der Waals surface area contributed by atoms with Gasteiger partial charge in [0.05, 0.1) is 0 Å². The molecule has 0 aromatic heterocycles. The minimum Gasteiger partial charge on any atom is -0.176 e. The zero-order chi connectivity index (χ0) is 25.2. The van der Waals surface area contributed by atoms with Gasteiger partial charge in [-0.05, 0) is 60.5 Å². The largest absolute Gasteiger partial charge is 0.176 e. The highest BCUT2D eigenvalue weighted by molar-refractivity contribution is 8.08. The molecule has 36 heavy (non-hydrogen) atoms. The maximum atomic E-state index is 5.34. The van der Waals surface area contributed by atoms with Crippen LogP contribution >= 0.6 is 132 Å². The van der Waals surface area contributed by atoms with Gasteiger partial charge in [-0.2, -0.15) is 132 Å². The van der Waals surface area contributed by atoms with Gasteiger partial charge in [-0.25, -0.2) is 0 Å². The first kappa shape index (κ1) is 32.8. The minimum atomic E-state index is 0.474. The second-order valence-electron chi connectivity index (χ2n) is 10.4. The highest BCUT2D eigenvalue weighted by atomic mass is 32.2. The summed E-state index contributed by atoms with van der Waals surface area (Å²) in [7, 11) is 0. The fourth-order valence-corrected chi connectivity index (χ4v) is 16.6. The number of thiol groups is 3. The monoisotopic (exact) mass is 696 g/mol.